The van der Waals surface area contributed by atoms with Crippen molar-refractivity contribution < 1.29 is 0 Å². The number of terminal acetylenes is 1. The molecule has 0 spiro atoms. The summed E-state index contributed by atoms with van der Waals surface area (Å²) in [5.41, 5.74) is 2.17. The molecule has 1 aromatic rings. The van der Waals surface area contributed by atoms with Crippen LogP contribution in [-0.4, -0.2) is 20.1 Å². The Labute approximate surface area is 115 Å². The average molecular weight is 265 g/mol. The van der Waals surface area contributed by atoms with Crippen LogP contribution in [0, 0.1) is 12.3 Å². The highest BCUT2D eigenvalue weighted by Crippen LogP contribution is 2.28. The van der Waals surface area contributed by atoms with Gasteiger partial charge in [0.15, 0.2) is 0 Å². The Kier molecular flexibility index (Phi) is 6.04. The van der Waals surface area contributed by atoms with Gasteiger partial charge >= 0.3 is 0 Å². The van der Waals surface area contributed by atoms with Gasteiger partial charge in [0.1, 0.15) is 0 Å². The minimum atomic E-state index is 0.314. The Morgan fingerprint density at radius 1 is 1.50 bits per heavy atom. The van der Waals surface area contributed by atoms with Crippen molar-refractivity contribution in [3.05, 3.63) is 28.8 Å². The molecular weight excluding hydrogens is 244 g/mol. The molecule has 0 bridgehead atoms. The molecule has 3 heteroatoms. The highest BCUT2D eigenvalue weighted by Gasteiger charge is 2.09. The molecule has 0 saturated heterocycles. The zero-order valence-electron chi connectivity index (χ0n) is 11.3. The number of benzene rings is 1. The fourth-order valence-electron chi connectivity index (χ4n) is 1.80. The number of hydrogen-bond acceptors (Lipinski definition) is 2. The van der Waals surface area contributed by atoms with Crippen LogP contribution in [0.1, 0.15) is 31.9 Å². The van der Waals surface area contributed by atoms with Crippen molar-refractivity contribution in [1.82, 2.24) is 5.32 Å². The third-order valence-electron chi connectivity index (χ3n) is 2.91. The van der Waals surface area contributed by atoms with Crippen LogP contribution in [-0.2, 0) is 0 Å². The maximum absolute atomic E-state index is 6.30. The fraction of sp³-hybridized carbons (Fsp3) is 0.467. The van der Waals surface area contributed by atoms with Gasteiger partial charge in [0.05, 0.1) is 17.3 Å². The van der Waals surface area contributed by atoms with Crippen LogP contribution in [0.25, 0.3) is 0 Å². The monoisotopic (exact) mass is 264 g/mol. The average Bonchev–Trinajstić information content (AvgIpc) is 2.35. The lowest BCUT2D eigenvalue weighted by Crippen LogP contribution is -2.20. The molecule has 0 aliphatic heterocycles. The van der Waals surface area contributed by atoms with E-state index in [0.29, 0.717) is 12.6 Å². The van der Waals surface area contributed by atoms with E-state index in [4.69, 9.17) is 18.0 Å². The van der Waals surface area contributed by atoms with Crippen molar-refractivity contribution in [2.75, 3.05) is 25.0 Å². The smallest absolute Gasteiger partial charge is 0.0788 e. The van der Waals surface area contributed by atoms with E-state index < -0.39 is 0 Å². The molecule has 1 atom stereocenters. The van der Waals surface area contributed by atoms with Gasteiger partial charge in [0.2, 0.25) is 0 Å². The summed E-state index contributed by atoms with van der Waals surface area (Å²) >= 11 is 6.30. The van der Waals surface area contributed by atoms with E-state index in [1.165, 1.54) is 5.56 Å². The summed E-state index contributed by atoms with van der Waals surface area (Å²) in [5, 5.41) is 4.19. The predicted octanol–water partition coefficient (Wildman–Crippen LogP) is 3.47. The summed E-state index contributed by atoms with van der Waals surface area (Å²) in [6.07, 6.45) is 6.43. The van der Waals surface area contributed by atoms with Gasteiger partial charge in [-0.25, -0.2) is 0 Å². The maximum Gasteiger partial charge on any atom is 0.0788 e. The molecule has 1 aromatic carbocycles. The second-order valence-corrected chi connectivity index (χ2v) is 4.85. The van der Waals surface area contributed by atoms with Crippen LogP contribution in [0.3, 0.4) is 0 Å². The minimum Gasteiger partial charge on any atom is -0.362 e. The van der Waals surface area contributed by atoms with Crippen molar-refractivity contribution in [2.24, 2.45) is 0 Å². The van der Waals surface area contributed by atoms with Crippen molar-refractivity contribution >= 4 is 17.3 Å². The molecule has 1 N–H and O–H groups in total. The van der Waals surface area contributed by atoms with Gasteiger partial charge < -0.3 is 10.2 Å². The number of nitrogens with zero attached hydrogens (tertiary/aromatic N) is 1. The number of halogens is 1. The molecule has 18 heavy (non-hydrogen) atoms. The van der Waals surface area contributed by atoms with Crippen molar-refractivity contribution in [3.8, 4) is 12.3 Å². The van der Waals surface area contributed by atoms with Gasteiger partial charge in [-0.3, -0.25) is 0 Å². The Bertz CT molecular complexity index is 423. The van der Waals surface area contributed by atoms with Crippen LogP contribution >= 0.6 is 11.6 Å². The quantitative estimate of drug-likeness (QED) is 0.792. The topological polar surface area (TPSA) is 15.3 Å². The Morgan fingerprint density at radius 2 is 2.22 bits per heavy atom. The van der Waals surface area contributed by atoms with Crippen LogP contribution in [0.4, 0.5) is 5.69 Å². The minimum absolute atomic E-state index is 0.314. The Hall–Kier alpha value is -1.17. The molecule has 98 valence electrons. The van der Waals surface area contributed by atoms with Crippen LogP contribution in [0.15, 0.2) is 18.2 Å². The second kappa shape index (κ2) is 7.31. The molecular formula is C15H21ClN2. The molecule has 1 unspecified atom stereocenters. The zero-order valence-corrected chi connectivity index (χ0v) is 12.1. The largest absolute Gasteiger partial charge is 0.362 e. The molecule has 0 heterocycles. The lowest BCUT2D eigenvalue weighted by Gasteiger charge is -2.20. The molecule has 0 aliphatic carbocycles. The number of nitrogens with one attached hydrogen (secondary N) is 1. The van der Waals surface area contributed by atoms with Crippen LogP contribution in [0.2, 0.25) is 5.02 Å². The first kappa shape index (κ1) is 14.9. The van der Waals surface area contributed by atoms with Gasteiger partial charge in [-0.1, -0.05) is 30.5 Å². The molecule has 0 fully saturated rings. The van der Waals surface area contributed by atoms with E-state index >= 15 is 0 Å². The molecule has 0 radical (unpaired) electrons. The molecule has 0 aromatic heterocycles. The van der Waals surface area contributed by atoms with Crippen LogP contribution < -0.4 is 10.2 Å². The third-order valence-corrected chi connectivity index (χ3v) is 3.21. The van der Waals surface area contributed by atoms with Crippen molar-refractivity contribution in [2.45, 2.75) is 26.3 Å². The van der Waals surface area contributed by atoms with Crippen molar-refractivity contribution in [1.29, 1.82) is 0 Å². The maximum atomic E-state index is 6.30. The SMILES string of the molecule is C#CCN(C)c1ccc(C(C)NCCC)cc1Cl. The molecule has 0 aliphatic rings. The standard InChI is InChI=1S/C15H21ClN2/c1-5-9-17-12(3)13-7-8-15(14(16)11-13)18(4)10-6-2/h2,7-8,11-12,17H,5,9-10H2,1,3-4H3. The summed E-state index contributed by atoms with van der Waals surface area (Å²) in [6.45, 7) is 5.87. The highest BCUT2D eigenvalue weighted by atomic mass is 35.5. The molecule has 2 nitrogen and oxygen atoms in total. The number of hydrogen-bond donors (Lipinski definition) is 1. The van der Waals surface area contributed by atoms with E-state index in [0.717, 1.165) is 23.7 Å². The van der Waals surface area contributed by atoms with Gasteiger partial charge in [0.25, 0.3) is 0 Å². The zero-order chi connectivity index (χ0) is 13.5. The fourth-order valence-corrected chi connectivity index (χ4v) is 2.14. The predicted molar refractivity (Wildman–Crippen MR) is 80.3 cm³/mol. The first-order chi connectivity index (χ1) is 8.60. The highest BCUT2D eigenvalue weighted by molar-refractivity contribution is 6.33. The van der Waals surface area contributed by atoms with E-state index in [2.05, 4.69) is 31.2 Å². The first-order valence-corrected chi connectivity index (χ1v) is 6.65. The summed E-state index contributed by atoms with van der Waals surface area (Å²) in [7, 11) is 1.94. The Morgan fingerprint density at radius 3 is 2.78 bits per heavy atom. The van der Waals surface area contributed by atoms with Gasteiger partial charge in [-0.15, -0.1) is 6.42 Å². The third kappa shape index (κ3) is 3.94. The normalized spacial score (nSPS) is 11.9. The first-order valence-electron chi connectivity index (χ1n) is 6.27. The summed E-state index contributed by atoms with van der Waals surface area (Å²) in [4.78, 5) is 1.97. The Balaban J connectivity index is 2.82. The molecule has 1 rings (SSSR count). The van der Waals surface area contributed by atoms with Gasteiger partial charge in [0, 0.05) is 13.1 Å². The summed E-state index contributed by atoms with van der Waals surface area (Å²) < 4.78 is 0. The lowest BCUT2D eigenvalue weighted by molar-refractivity contribution is 0.571. The second-order valence-electron chi connectivity index (χ2n) is 4.45. The van der Waals surface area contributed by atoms with Crippen LogP contribution in [0.5, 0.6) is 0 Å². The summed E-state index contributed by atoms with van der Waals surface area (Å²) in [6, 6.07) is 6.45. The van der Waals surface area contributed by atoms with Gasteiger partial charge in [-0.05, 0) is 37.6 Å². The molecule has 0 amide bonds. The van der Waals surface area contributed by atoms with E-state index in [1.54, 1.807) is 0 Å². The lowest BCUT2D eigenvalue weighted by atomic mass is 10.1. The number of anilines is 1. The van der Waals surface area contributed by atoms with E-state index in [1.807, 2.05) is 24.1 Å². The van der Waals surface area contributed by atoms with E-state index in [9.17, 15) is 0 Å². The summed E-state index contributed by atoms with van der Waals surface area (Å²) in [5.74, 6) is 2.61. The molecule has 0 saturated carbocycles. The number of rotatable bonds is 6. The van der Waals surface area contributed by atoms with E-state index in [-0.39, 0.29) is 0 Å². The van der Waals surface area contributed by atoms with Crippen molar-refractivity contribution in [3.63, 3.8) is 0 Å². The van der Waals surface area contributed by atoms with Gasteiger partial charge in [-0.2, -0.15) is 0 Å².